The summed E-state index contributed by atoms with van der Waals surface area (Å²) >= 11 is 0. The molecule has 3 fully saturated rings. The maximum Gasteiger partial charge on any atom is 0.322 e. The lowest BCUT2D eigenvalue weighted by Gasteiger charge is -2.39. The lowest BCUT2D eigenvalue weighted by molar-refractivity contribution is -0.0947. The molecule has 1 N–H and O–H groups in total. The monoisotopic (exact) mass is 399 g/mol. The minimum atomic E-state index is -3.48. The predicted molar refractivity (Wildman–Crippen MR) is 95.4 cm³/mol. The van der Waals surface area contributed by atoms with E-state index in [1.54, 1.807) is 4.90 Å². The second-order valence-electron chi connectivity index (χ2n) is 7.22. The molecule has 3 atom stereocenters. The molecule has 1 spiro atoms. The van der Waals surface area contributed by atoms with Crippen LogP contribution in [0.5, 0.6) is 0 Å². The molecule has 3 heterocycles. The molecule has 2 amide bonds. The Morgan fingerprint density at radius 1 is 1.37 bits per heavy atom. The van der Waals surface area contributed by atoms with E-state index >= 15 is 0 Å². The van der Waals surface area contributed by atoms with E-state index in [0.29, 0.717) is 25.3 Å². The molecule has 0 radical (unpaired) electrons. The first-order valence-electron chi connectivity index (χ1n) is 8.81. The van der Waals surface area contributed by atoms with Gasteiger partial charge in [0.1, 0.15) is 16.7 Å². The highest BCUT2D eigenvalue weighted by Gasteiger charge is 2.65. The topological polar surface area (TPSA) is 88.2 Å². The molecule has 0 saturated carbocycles. The third-order valence-corrected chi connectivity index (χ3v) is 7.81. The summed E-state index contributed by atoms with van der Waals surface area (Å²) in [7, 11) is -1.96. The minimum absolute atomic E-state index is 0.198. The fourth-order valence-electron chi connectivity index (χ4n) is 4.23. The average molecular weight is 399 g/mol. The van der Waals surface area contributed by atoms with Crippen LogP contribution in [0.1, 0.15) is 6.42 Å². The van der Waals surface area contributed by atoms with E-state index in [1.807, 2.05) is 0 Å². The third kappa shape index (κ3) is 3.20. The Hall–Kier alpha value is -1.75. The Morgan fingerprint density at radius 3 is 2.81 bits per heavy atom. The van der Waals surface area contributed by atoms with E-state index in [1.165, 1.54) is 35.7 Å². The van der Waals surface area contributed by atoms with Crippen LogP contribution in [0.2, 0.25) is 0 Å². The molecule has 148 valence electrons. The number of urea groups is 1. The van der Waals surface area contributed by atoms with E-state index in [-0.39, 0.29) is 37.6 Å². The van der Waals surface area contributed by atoms with Crippen LogP contribution < -0.4 is 5.32 Å². The molecule has 3 aliphatic heterocycles. The van der Waals surface area contributed by atoms with Crippen molar-refractivity contribution in [2.24, 2.45) is 0 Å². The fourth-order valence-corrected chi connectivity index (χ4v) is 6.53. The number of nitrogens with one attached hydrogen (secondary N) is 1. The quantitative estimate of drug-likeness (QED) is 0.812. The number of benzene rings is 1. The van der Waals surface area contributed by atoms with Gasteiger partial charge in [-0.2, -0.15) is 4.31 Å². The van der Waals surface area contributed by atoms with Gasteiger partial charge in [0.2, 0.25) is 10.0 Å². The molecule has 3 saturated heterocycles. The number of morpholine rings is 1. The Kier molecular flexibility index (Phi) is 4.61. The number of rotatable bonds is 4. The van der Waals surface area contributed by atoms with Crippen molar-refractivity contribution < 1.29 is 27.1 Å². The molecular weight excluding hydrogens is 377 g/mol. The Bertz CT molecular complexity index is 833. The first kappa shape index (κ1) is 18.6. The molecule has 4 rings (SSSR count). The number of likely N-dealkylation sites (tertiary alicyclic amines) is 1. The van der Waals surface area contributed by atoms with Gasteiger partial charge in [-0.3, -0.25) is 0 Å². The zero-order valence-electron chi connectivity index (χ0n) is 14.9. The van der Waals surface area contributed by atoms with Gasteiger partial charge in [0.05, 0.1) is 19.3 Å². The summed E-state index contributed by atoms with van der Waals surface area (Å²) in [5.74, 6) is -0.383. The molecule has 8 nitrogen and oxygen atoms in total. The van der Waals surface area contributed by atoms with Crippen molar-refractivity contribution in [1.82, 2.24) is 9.21 Å². The second-order valence-corrected chi connectivity index (χ2v) is 9.33. The zero-order valence-corrected chi connectivity index (χ0v) is 15.7. The maximum atomic E-state index is 13.0. The Morgan fingerprint density at radius 2 is 2.11 bits per heavy atom. The van der Waals surface area contributed by atoms with Crippen molar-refractivity contribution in [3.63, 3.8) is 0 Å². The van der Waals surface area contributed by atoms with Crippen LogP contribution in [0.4, 0.5) is 14.9 Å². The summed E-state index contributed by atoms with van der Waals surface area (Å²) in [5, 5.41) is 2.09. The summed E-state index contributed by atoms with van der Waals surface area (Å²) in [6.07, 6.45) is 0.0775. The summed E-state index contributed by atoms with van der Waals surface area (Å²) in [6, 6.07) is 5.16. The van der Waals surface area contributed by atoms with Crippen LogP contribution in [-0.2, 0) is 19.5 Å². The molecule has 27 heavy (non-hydrogen) atoms. The Labute approximate surface area is 157 Å². The van der Waals surface area contributed by atoms with E-state index in [0.717, 1.165) is 0 Å². The minimum Gasteiger partial charge on any atom is -0.383 e. The van der Waals surface area contributed by atoms with E-state index < -0.39 is 20.9 Å². The van der Waals surface area contributed by atoms with Crippen molar-refractivity contribution >= 4 is 21.7 Å². The smallest absolute Gasteiger partial charge is 0.322 e. The van der Waals surface area contributed by atoms with Gasteiger partial charge in [0.15, 0.2) is 0 Å². The van der Waals surface area contributed by atoms with Crippen LogP contribution in [0.15, 0.2) is 24.3 Å². The predicted octanol–water partition coefficient (Wildman–Crippen LogP) is 0.861. The van der Waals surface area contributed by atoms with Gasteiger partial charge in [-0.15, -0.1) is 0 Å². The molecule has 1 aromatic carbocycles. The third-order valence-electron chi connectivity index (χ3n) is 5.44. The van der Waals surface area contributed by atoms with Crippen molar-refractivity contribution in [2.45, 2.75) is 23.4 Å². The number of halogens is 1. The number of carbonyl (C=O) groups excluding carboxylic acids is 1. The fraction of sp³-hybridized carbons (Fsp3) is 0.588. The molecular formula is C17H22FN3O5S. The highest BCUT2D eigenvalue weighted by Crippen LogP contribution is 2.46. The van der Waals surface area contributed by atoms with Crippen LogP contribution in [-0.4, -0.2) is 80.5 Å². The van der Waals surface area contributed by atoms with Crippen LogP contribution in [0.25, 0.3) is 0 Å². The van der Waals surface area contributed by atoms with E-state index in [2.05, 4.69) is 5.32 Å². The standard InChI is InChI=1S/C17H22FN3O5S/c1-25-7-6-21-11-17-10-20(9-14(26-17)8-15(17)27(21,23)24)16(22)19-13-4-2-12(18)3-5-13/h2-5,14-15H,6-11H2,1H3,(H,19,22)/t14-,15+,17+/m1/s1. The summed E-state index contributed by atoms with van der Waals surface area (Å²) in [4.78, 5) is 14.2. The molecule has 0 aliphatic carbocycles. The molecule has 0 unspecified atom stereocenters. The number of amides is 2. The second kappa shape index (κ2) is 6.69. The number of nitrogens with zero attached hydrogens (tertiary/aromatic N) is 2. The summed E-state index contributed by atoms with van der Waals surface area (Å²) in [6.45, 7) is 1.33. The van der Waals surface area contributed by atoms with Gasteiger partial charge in [-0.1, -0.05) is 0 Å². The van der Waals surface area contributed by atoms with Gasteiger partial charge < -0.3 is 19.7 Å². The number of carbonyl (C=O) groups is 1. The highest BCUT2D eigenvalue weighted by molar-refractivity contribution is 7.90. The van der Waals surface area contributed by atoms with Gasteiger partial charge >= 0.3 is 6.03 Å². The summed E-state index contributed by atoms with van der Waals surface area (Å²) < 4.78 is 51.2. The lowest BCUT2D eigenvalue weighted by Crippen LogP contribution is -2.57. The first-order valence-corrected chi connectivity index (χ1v) is 10.3. The average Bonchev–Trinajstić information content (AvgIpc) is 3.00. The largest absolute Gasteiger partial charge is 0.383 e. The number of hydrogen-bond donors (Lipinski definition) is 1. The van der Waals surface area contributed by atoms with Crippen molar-refractivity contribution in [2.75, 3.05) is 45.2 Å². The van der Waals surface area contributed by atoms with Gasteiger partial charge in [0, 0.05) is 32.4 Å². The molecule has 3 aliphatic rings. The zero-order chi connectivity index (χ0) is 19.2. The molecule has 10 heteroatoms. The van der Waals surface area contributed by atoms with Crippen LogP contribution >= 0.6 is 0 Å². The van der Waals surface area contributed by atoms with Crippen LogP contribution in [0.3, 0.4) is 0 Å². The highest BCUT2D eigenvalue weighted by atomic mass is 32.2. The molecule has 2 bridgehead atoms. The number of anilines is 1. The van der Waals surface area contributed by atoms with E-state index in [4.69, 9.17) is 9.47 Å². The normalized spacial score (nSPS) is 31.7. The molecule has 0 aromatic heterocycles. The number of ether oxygens (including phenoxy) is 2. The van der Waals surface area contributed by atoms with Gasteiger partial charge in [0.25, 0.3) is 0 Å². The first-order chi connectivity index (χ1) is 12.8. The van der Waals surface area contributed by atoms with E-state index in [9.17, 15) is 17.6 Å². The maximum absolute atomic E-state index is 13.0. The van der Waals surface area contributed by atoms with Crippen molar-refractivity contribution in [3.05, 3.63) is 30.1 Å². The van der Waals surface area contributed by atoms with Crippen LogP contribution in [0, 0.1) is 5.82 Å². The van der Waals surface area contributed by atoms with Gasteiger partial charge in [-0.05, 0) is 30.7 Å². The number of sulfonamides is 1. The SMILES string of the molecule is COCCN1C[C@@]23CN(C(=O)Nc4ccc(F)cc4)C[C@@H](C[C@@H]2S1(=O)=O)O3. The number of methoxy groups -OCH3 is 1. The van der Waals surface area contributed by atoms with Crippen molar-refractivity contribution in [1.29, 1.82) is 0 Å². The number of fused-ring (bicyclic) bond motifs is 1. The van der Waals surface area contributed by atoms with Crippen molar-refractivity contribution in [3.8, 4) is 0 Å². The van der Waals surface area contributed by atoms with Gasteiger partial charge in [-0.25, -0.2) is 17.6 Å². The number of hydrogen-bond acceptors (Lipinski definition) is 5. The molecule has 1 aromatic rings. The lowest BCUT2D eigenvalue weighted by atomic mass is 9.99. The Balaban J connectivity index is 1.50. The summed E-state index contributed by atoms with van der Waals surface area (Å²) in [5.41, 5.74) is -0.426.